The first kappa shape index (κ1) is 34.8. The van der Waals surface area contributed by atoms with Gasteiger partial charge in [-0.05, 0) is 50.6 Å². The highest BCUT2D eigenvalue weighted by atomic mass is 16.4. The van der Waals surface area contributed by atoms with E-state index >= 15 is 0 Å². The summed E-state index contributed by atoms with van der Waals surface area (Å²) in [5.74, 6) is -4.68. The van der Waals surface area contributed by atoms with Crippen molar-refractivity contribution in [2.45, 2.75) is 75.5 Å². The lowest BCUT2D eigenvalue weighted by Gasteiger charge is -2.25. The molecule has 3 amide bonds. The van der Waals surface area contributed by atoms with Crippen LogP contribution in [0.1, 0.15) is 50.5 Å². The Hall–Kier alpha value is -4.24. The van der Waals surface area contributed by atoms with E-state index < -0.39 is 53.8 Å². The predicted molar refractivity (Wildman–Crippen MR) is 151 cm³/mol. The Morgan fingerprint density at radius 1 is 0.780 bits per heavy atom. The molecule has 4 atom stereocenters. The average molecular weight is 579 g/mol. The molecule has 4 unspecified atom stereocenters. The molecule has 0 aromatic heterocycles. The minimum atomic E-state index is -1.25. The lowest BCUT2D eigenvalue weighted by Crippen LogP contribution is -2.57. The summed E-state index contributed by atoms with van der Waals surface area (Å²) < 4.78 is 0. The number of nitrogens with one attached hydrogen (secondary N) is 3. The quantitative estimate of drug-likeness (QED) is 0.0470. The van der Waals surface area contributed by atoms with Gasteiger partial charge in [-0.15, -0.1) is 0 Å². The molecule has 0 saturated carbocycles. The minimum Gasteiger partial charge on any atom is -0.481 e. The summed E-state index contributed by atoms with van der Waals surface area (Å²) in [6.45, 7) is 0.513. The molecule has 0 aliphatic carbocycles. The van der Waals surface area contributed by atoms with Gasteiger partial charge in [0.25, 0.3) is 0 Å². The summed E-state index contributed by atoms with van der Waals surface area (Å²) in [6.07, 6.45) is 1.09. The molecule has 0 spiro atoms. The number of benzene rings is 1. The Morgan fingerprint density at radius 2 is 1.34 bits per heavy atom. The smallest absolute Gasteiger partial charge is 0.326 e. The van der Waals surface area contributed by atoms with Crippen LogP contribution in [-0.4, -0.2) is 83.1 Å². The van der Waals surface area contributed by atoms with E-state index in [1.807, 2.05) is 0 Å². The topological polar surface area (TPSA) is 278 Å². The van der Waals surface area contributed by atoms with Gasteiger partial charge in [0.2, 0.25) is 17.7 Å². The van der Waals surface area contributed by atoms with Crippen LogP contribution in [0.15, 0.2) is 35.3 Å². The number of hydrogen-bond acceptors (Lipinski definition) is 8. The minimum absolute atomic E-state index is 0.0308. The summed E-state index contributed by atoms with van der Waals surface area (Å²) in [5, 5.41) is 26.2. The number of nitrogens with two attached hydrogens (primary N) is 4. The molecule has 1 aromatic rings. The largest absolute Gasteiger partial charge is 0.481 e. The van der Waals surface area contributed by atoms with Crippen molar-refractivity contribution in [1.82, 2.24) is 16.0 Å². The summed E-state index contributed by atoms with van der Waals surface area (Å²) in [6, 6.07) is 4.05. The number of nitrogens with zero attached hydrogens (tertiary/aromatic N) is 1. The van der Waals surface area contributed by atoms with Crippen LogP contribution in [-0.2, 0) is 30.4 Å². The number of rotatable bonds is 20. The van der Waals surface area contributed by atoms with Crippen molar-refractivity contribution in [3.05, 3.63) is 35.9 Å². The zero-order chi connectivity index (χ0) is 30.8. The molecule has 41 heavy (non-hydrogen) atoms. The number of carbonyl (C=O) groups excluding carboxylic acids is 3. The van der Waals surface area contributed by atoms with Gasteiger partial charge in [-0.25, -0.2) is 4.79 Å². The fraction of sp³-hybridized carbons (Fsp3) is 0.538. The van der Waals surface area contributed by atoms with Crippen molar-refractivity contribution < 1.29 is 34.2 Å². The van der Waals surface area contributed by atoms with Crippen molar-refractivity contribution in [3.8, 4) is 0 Å². The molecule has 0 bridgehead atoms. The number of carbonyl (C=O) groups is 5. The highest BCUT2D eigenvalue weighted by Crippen LogP contribution is 2.08. The van der Waals surface area contributed by atoms with Crippen LogP contribution < -0.4 is 38.9 Å². The van der Waals surface area contributed by atoms with Crippen molar-refractivity contribution in [2.24, 2.45) is 27.9 Å². The van der Waals surface area contributed by atoms with Crippen LogP contribution in [0.3, 0.4) is 0 Å². The van der Waals surface area contributed by atoms with Gasteiger partial charge >= 0.3 is 11.9 Å². The van der Waals surface area contributed by atoms with E-state index in [2.05, 4.69) is 20.9 Å². The predicted octanol–water partition coefficient (Wildman–Crippen LogP) is -1.86. The molecule has 0 heterocycles. The highest BCUT2D eigenvalue weighted by molar-refractivity contribution is 5.94. The molecule has 0 saturated heterocycles. The molecular weight excluding hydrogens is 536 g/mol. The van der Waals surface area contributed by atoms with Gasteiger partial charge in [-0.1, -0.05) is 30.3 Å². The molecule has 0 radical (unpaired) electrons. The van der Waals surface area contributed by atoms with E-state index in [1.165, 1.54) is 0 Å². The van der Waals surface area contributed by atoms with Crippen molar-refractivity contribution in [3.63, 3.8) is 0 Å². The van der Waals surface area contributed by atoms with Gasteiger partial charge in [-0.3, -0.25) is 24.2 Å². The second kappa shape index (κ2) is 18.9. The maximum atomic E-state index is 13.3. The van der Waals surface area contributed by atoms with Gasteiger partial charge in [0.1, 0.15) is 18.1 Å². The standard InChI is InChI=1S/C26H42N8O7/c27-13-5-4-9-18(24(39)34-20(25(40)41)15-16-7-2-1-3-8-16)33-23(38)19(10-6-14-31-26(29)30)32-22(37)17(28)11-12-21(35)36/h1-3,7-8,17-20H,4-6,9-15,27-28H2,(H,32,37)(H,33,38)(H,34,39)(H,35,36)(H,40,41)(H4,29,30,31). The highest BCUT2D eigenvalue weighted by Gasteiger charge is 2.30. The van der Waals surface area contributed by atoms with Crippen molar-refractivity contribution in [1.29, 1.82) is 0 Å². The van der Waals surface area contributed by atoms with E-state index in [1.54, 1.807) is 30.3 Å². The molecule has 1 rings (SSSR count). The second-order valence-electron chi connectivity index (χ2n) is 9.48. The van der Waals surface area contributed by atoms with E-state index in [-0.39, 0.29) is 51.0 Å². The maximum absolute atomic E-state index is 13.3. The number of carboxylic acid groups (broad SMARTS) is 2. The number of amides is 3. The first-order valence-corrected chi connectivity index (χ1v) is 13.3. The van der Waals surface area contributed by atoms with Gasteiger partial charge < -0.3 is 49.1 Å². The Bertz CT molecular complexity index is 1030. The summed E-state index contributed by atoms with van der Waals surface area (Å²) in [7, 11) is 0. The number of hydrogen-bond donors (Lipinski definition) is 9. The molecule has 15 nitrogen and oxygen atoms in total. The average Bonchev–Trinajstić information content (AvgIpc) is 2.92. The number of aliphatic carboxylic acids is 2. The van der Waals surface area contributed by atoms with Gasteiger partial charge in [-0.2, -0.15) is 0 Å². The zero-order valence-corrected chi connectivity index (χ0v) is 23.0. The van der Waals surface area contributed by atoms with Crippen LogP contribution in [0.5, 0.6) is 0 Å². The fourth-order valence-corrected chi connectivity index (χ4v) is 3.82. The molecule has 15 heteroatoms. The second-order valence-corrected chi connectivity index (χ2v) is 9.48. The van der Waals surface area contributed by atoms with Crippen LogP contribution in [0, 0.1) is 0 Å². The summed E-state index contributed by atoms with van der Waals surface area (Å²) >= 11 is 0. The van der Waals surface area contributed by atoms with Crippen molar-refractivity contribution in [2.75, 3.05) is 13.1 Å². The molecule has 0 aliphatic rings. The Balaban J connectivity index is 3.05. The number of unbranched alkanes of at least 4 members (excludes halogenated alkanes) is 1. The SMILES string of the molecule is NCCCCC(NC(=O)C(CCCN=C(N)N)NC(=O)C(N)CCC(=O)O)C(=O)NC(Cc1ccccc1)C(=O)O. The number of carboxylic acids is 2. The van der Waals surface area contributed by atoms with E-state index in [0.29, 0.717) is 24.9 Å². The Morgan fingerprint density at radius 3 is 1.88 bits per heavy atom. The van der Waals surface area contributed by atoms with Crippen molar-refractivity contribution >= 4 is 35.6 Å². The van der Waals surface area contributed by atoms with E-state index in [0.717, 1.165) is 0 Å². The Labute approximate surface area is 238 Å². The molecule has 13 N–H and O–H groups in total. The molecular formula is C26H42N8O7. The first-order chi connectivity index (χ1) is 19.4. The van der Waals surface area contributed by atoms with Crippen LogP contribution in [0.25, 0.3) is 0 Å². The molecule has 0 aliphatic heterocycles. The fourth-order valence-electron chi connectivity index (χ4n) is 3.82. The lowest BCUT2D eigenvalue weighted by molar-refractivity contribution is -0.142. The van der Waals surface area contributed by atoms with E-state index in [4.69, 9.17) is 28.0 Å². The third-order valence-corrected chi connectivity index (χ3v) is 6.06. The van der Waals surface area contributed by atoms with Gasteiger partial charge in [0.15, 0.2) is 5.96 Å². The van der Waals surface area contributed by atoms with Crippen LogP contribution in [0.2, 0.25) is 0 Å². The monoisotopic (exact) mass is 578 g/mol. The zero-order valence-electron chi connectivity index (χ0n) is 23.0. The van der Waals surface area contributed by atoms with Gasteiger partial charge in [0.05, 0.1) is 6.04 Å². The molecule has 0 fully saturated rings. The summed E-state index contributed by atoms with van der Waals surface area (Å²) in [4.78, 5) is 65.6. The van der Waals surface area contributed by atoms with Crippen LogP contribution in [0.4, 0.5) is 0 Å². The number of guanidine groups is 1. The molecule has 228 valence electrons. The maximum Gasteiger partial charge on any atom is 0.326 e. The first-order valence-electron chi connectivity index (χ1n) is 13.3. The van der Waals surface area contributed by atoms with E-state index in [9.17, 15) is 29.1 Å². The summed E-state index contributed by atoms with van der Waals surface area (Å²) in [5.41, 5.74) is 22.7. The number of aliphatic imine (C=N–C) groups is 1. The van der Waals surface area contributed by atoms with Crippen LogP contribution >= 0.6 is 0 Å². The third-order valence-electron chi connectivity index (χ3n) is 6.06. The lowest BCUT2D eigenvalue weighted by atomic mass is 10.0. The van der Waals surface area contributed by atoms with Gasteiger partial charge in [0, 0.05) is 19.4 Å². The molecule has 1 aromatic carbocycles. The normalized spacial score (nSPS) is 13.6. The Kier molecular flexibility index (Phi) is 16.1. The third kappa shape index (κ3) is 14.6.